The summed E-state index contributed by atoms with van der Waals surface area (Å²) in [6.45, 7) is 1.68. The number of rotatable bonds is 6. The molecule has 3 heterocycles. The molecule has 1 aliphatic heterocycles. The van der Waals surface area contributed by atoms with Crippen LogP contribution in [0.1, 0.15) is 30.6 Å². The van der Waals surface area contributed by atoms with Crippen LogP contribution in [0.4, 0.5) is 0 Å². The van der Waals surface area contributed by atoms with Crippen molar-refractivity contribution in [3.05, 3.63) is 78.7 Å². The molecule has 4 aromatic rings. The summed E-state index contributed by atoms with van der Waals surface area (Å²) in [6, 6.07) is 18.3. The van der Waals surface area contributed by atoms with Gasteiger partial charge in [0, 0.05) is 11.1 Å². The summed E-state index contributed by atoms with van der Waals surface area (Å²) in [7, 11) is 1.68. The molecule has 0 saturated carbocycles. The third kappa shape index (κ3) is 3.74. The van der Waals surface area contributed by atoms with Crippen molar-refractivity contribution in [2.75, 3.05) is 13.7 Å². The van der Waals surface area contributed by atoms with Crippen molar-refractivity contribution in [2.24, 2.45) is 0 Å². The Labute approximate surface area is 175 Å². The first-order valence-electron chi connectivity index (χ1n) is 10.2. The molecule has 1 N–H and O–H groups in total. The zero-order chi connectivity index (χ0) is 20.3. The molecule has 1 fully saturated rings. The molecule has 2 aromatic carbocycles. The van der Waals surface area contributed by atoms with Crippen molar-refractivity contribution < 1.29 is 9.15 Å². The van der Waals surface area contributed by atoms with Gasteiger partial charge in [0.15, 0.2) is 5.76 Å². The maximum Gasteiger partial charge on any atom is 0.209 e. The predicted molar refractivity (Wildman–Crippen MR) is 115 cm³/mol. The standard InChI is InChI=1S/C24H24N4O2/c1-29-19-10-5-9-18(13-19)20-14-26-24(27-20)21-11-6-12-28(21)16-23-25-15-22(30-23)17-7-3-2-4-8-17/h2-5,7-10,13-15,21H,6,11-12,16H2,1H3,(H,26,27)/t21-/m1/s1. The highest BCUT2D eigenvalue weighted by molar-refractivity contribution is 5.60. The Kier molecular flexibility index (Phi) is 5.07. The molecule has 1 saturated heterocycles. The lowest BCUT2D eigenvalue weighted by Gasteiger charge is -2.21. The lowest BCUT2D eigenvalue weighted by molar-refractivity contribution is 0.218. The largest absolute Gasteiger partial charge is 0.497 e. The van der Waals surface area contributed by atoms with Crippen LogP contribution in [0.3, 0.4) is 0 Å². The van der Waals surface area contributed by atoms with Gasteiger partial charge in [-0.2, -0.15) is 0 Å². The molecule has 1 aliphatic rings. The number of methoxy groups -OCH3 is 1. The Morgan fingerprint density at radius 3 is 2.80 bits per heavy atom. The number of aromatic nitrogens is 3. The average molecular weight is 400 g/mol. The number of ether oxygens (including phenoxy) is 1. The van der Waals surface area contributed by atoms with Crippen molar-refractivity contribution in [1.29, 1.82) is 0 Å². The van der Waals surface area contributed by atoms with Crippen molar-refractivity contribution in [3.8, 4) is 28.3 Å². The maximum absolute atomic E-state index is 6.02. The van der Waals surface area contributed by atoms with E-state index in [1.807, 2.05) is 60.9 Å². The quantitative estimate of drug-likeness (QED) is 0.489. The lowest BCUT2D eigenvalue weighted by Crippen LogP contribution is -2.23. The van der Waals surface area contributed by atoms with E-state index in [0.29, 0.717) is 6.54 Å². The van der Waals surface area contributed by atoms with Crippen LogP contribution < -0.4 is 4.74 Å². The minimum absolute atomic E-state index is 0.233. The van der Waals surface area contributed by atoms with Gasteiger partial charge in [0.25, 0.3) is 0 Å². The minimum Gasteiger partial charge on any atom is -0.497 e. The van der Waals surface area contributed by atoms with Gasteiger partial charge in [0.2, 0.25) is 5.89 Å². The van der Waals surface area contributed by atoms with Gasteiger partial charge in [0.1, 0.15) is 11.6 Å². The third-order valence-corrected chi connectivity index (χ3v) is 5.61. The Morgan fingerprint density at radius 2 is 1.93 bits per heavy atom. The molecule has 0 radical (unpaired) electrons. The van der Waals surface area contributed by atoms with Crippen LogP contribution in [0.25, 0.3) is 22.6 Å². The van der Waals surface area contributed by atoms with Crippen molar-refractivity contribution >= 4 is 0 Å². The number of hydrogen-bond acceptors (Lipinski definition) is 5. The van der Waals surface area contributed by atoms with E-state index in [4.69, 9.17) is 9.15 Å². The first-order valence-corrected chi connectivity index (χ1v) is 10.2. The van der Waals surface area contributed by atoms with E-state index in [1.165, 1.54) is 0 Å². The molecule has 0 bridgehead atoms. The van der Waals surface area contributed by atoms with E-state index >= 15 is 0 Å². The number of nitrogens with one attached hydrogen (secondary N) is 1. The fraction of sp³-hybridized carbons (Fsp3) is 0.250. The number of aromatic amines is 1. The van der Waals surface area contributed by atoms with Gasteiger partial charge >= 0.3 is 0 Å². The molecular formula is C24H24N4O2. The molecule has 152 valence electrons. The Hall–Kier alpha value is -3.38. The zero-order valence-corrected chi connectivity index (χ0v) is 16.9. The summed E-state index contributed by atoms with van der Waals surface area (Å²) in [6.07, 6.45) is 5.91. The van der Waals surface area contributed by atoms with Crippen LogP contribution in [0.15, 0.2) is 71.4 Å². The lowest BCUT2D eigenvalue weighted by atomic mass is 10.1. The second-order valence-corrected chi connectivity index (χ2v) is 7.53. The smallest absolute Gasteiger partial charge is 0.209 e. The molecular weight excluding hydrogens is 376 g/mol. The molecule has 0 aliphatic carbocycles. The van der Waals surface area contributed by atoms with Gasteiger partial charge in [-0.05, 0) is 31.5 Å². The van der Waals surface area contributed by atoms with Gasteiger partial charge in [-0.15, -0.1) is 0 Å². The monoisotopic (exact) mass is 400 g/mol. The van der Waals surface area contributed by atoms with E-state index in [-0.39, 0.29) is 6.04 Å². The van der Waals surface area contributed by atoms with Crippen LogP contribution in [-0.4, -0.2) is 33.5 Å². The highest BCUT2D eigenvalue weighted by atomic mass is 16.5. The number of likely N-dealkylation sites (tertiary alicyclic amines) is 1. The van der Waals surface area contributed by atoms with Crippen LogP contribution >= 0.6 is 0 Å². The summed E-state index contributed by atoms with van der Waals surface area (Å²) < 4.78 is 11.4. The normalized spacial score (nSPS) is 16.8. The first kappa shape index (κ1) is 18.6. The molecule has 5 rings (SSSR count). The van der Waals surface area contributed by atoms with Gasteiger partial charge in [-0.25, -0.2) is 9.97 Å². The summed E-state index contributed by atoms with van der Waals surface area (Å²) in [5, 5.41) is 0. The molecule has 0 amide bonds. The van der Waals surface area contributed by atoms with Gasteiger partial charge < -0.3 is 14.1 Å². The first-order chi connectivity index (χ1) is 14.8. The van der Waals surface area contributed by atoms with E-state index in [9.17, 15) is 0 Å². The number of imidazole rings is 1. The van der Waals surface area contributed by atoms with Crippen LogP contribution in [0.5, 0.6) is 5.75 Å². The van der Waals surface area contributed by atoms with Gasteiger partial charge in [-0.1, -0.05) is 42.5 Å². The second kappa shape index (κ2) is 8.16. The number of hydrogen-bond donors (Lipinski definition) is 1. The molecule has 30 heavy (non-hydrogen) atoms. The molecule has 6 nitrogen and oxygen atoms in total. The fourth-order valence-corrected chi connectivity index (χ4v) is 4.06. The van der Waals surface area contributed by atoms with Crippen LogP contribution in [0.2, 0.25) is 0 Å². The molecule has 6 heteroatoms. The summed E-state index contributed by atoms with van der Waals surface area (Å²) in [5.74, 6) is 3.37. The number of benzene rings is 2. The molecule has 0 unspecified atom stereocenters. The maximum atomic E-state index is 6.02. The van der Waals surface area contributed by atoms with E-state index < -0.39 is 0 Å². The number of H-pyrrole nitrogens is 1. The highest BCUT2D eigenvalue weighted by Gasteiger charge is 2.29. The number of nitrogens with zero attached hydrogens (tertiary/aromatic N) is 3. The zero-order valence-electron chi connectivity index (χ0n) is 16.9. The highest BCUT2D eigenvalue weighted by Crippen LogP contribution is 2.33. The van der Waals surface area contributed by atoms with Gasteiger partial charge in [0.05, 0.1) is 37.8 Å². The Morgan fingerprint density at radius 1 is 1.07 bits per heavy atom. The van der Waals surface area contributed by atoms with Crippen molar-refractivity contribution in [2.45, 2.75) is 25.4 Å². The SMILES string of the molecule is COc1cccc(-c2cnc([C@H]3CCCN3Cc3ncc(-c4ccccc4)o3)[nH]2)c1. The number of oxazole rings is 1. The minimum atomic E-state index is 0.233. The van der Waals surface area contributed by atoms with E-state index in [2.05, 4.69) is 25.9 Å². The summed E-state index contributed by atoms with van der Waals surface area (Å²) in [4.78, 5) is 15.1. The average Bonchev–Trinajstić information content (AvgIpc) is 3.55. The summed E-state index contributed by atoms with van der Waals surface area (Å²) >= 11 is 0. The van der Waals surface area contributed by atoms with Crippen LogP contribution in [-0.2, 0) is 6.54 Å². The predicted octanol–water partition coefficient (Wildman–Crippen LogP) is 5.08. The molecule has 0 spiro atoms. The van der Waals surface area contributed by atoms with E-state index in [1.54, 1.807) is 7.11 Å². The van der Waals surface area contributed by atoms with Crippen LogP contribution in [0, 0.1) is 0 Å². The fourth-order valence-electron chi connectivity index (χ4n) is 4.06. The molecule has 2 aromatic heterocycles. The summed E-state index contributed by atoms with van der Waals surface area (Å²) in [5.41, 5.74) is 3.11. The van der Waals surface area contributed by atoms with Crippen molar-refractivity contribution in [3.63, 3.8) is 0 Å². The molecule has 1 atom stereocenters. The Balaban J connectivity index is 1.32. The second-order valence-electron chi connectivity index (χ2n) is 7.53. The topological polar surface area (TPSA) is 67.2 Å². The third-order valence-electron chi connectivity index (χ3n) is 5.61. The van der Waals surface area contributed by atoms with Gasteiger partial charge in [-0.3, -0.25) is 4.90 Å². The Bertz CT molecular complexity index is 1120. The van der Waals surface area contributed by atoms with E-state index in [0.717, 1.165) is 59.4 Å². The van der Waals surface area contributed by atoms with Crippen molar-refractivity contribution in [1.82, 2.24) is 19.9 Å².